The molecule has 0 aliphatic carbocycles. The number of thiophene rings is 1. The van der Waals surface area contributed by atoms with E-state index in [-0.39, 0.29) is 6.03 Å². The number of hydrogen-bond acceptors (Lipinski definition) is 3. The summed E-state index contributed by atoms with van der Waals surface area (Å²) in [4.78, 5) is 19.0. The van der Waals surface area contributed by atoms with Gasteiger partial charge in [0, 0.05) is 38.6 Å². The molecule has 1 aliphatic rings. The van der Waals surface area contributed by atoms with Crippen LogP contribution in [0.4, 0.5) is 4.79 Å². The van der Waals surface area contributed by atoms with Crippen molar-refractivity contribution in [2.45, 2.75) is 13.5 Å². The predicted molar refractivity (Wildman–Crippen MR) is 75.2 cm³/mol. The van der Waals surface area contributed by atoms with Crippen LogP contribution in [-0.4, -0.2) is 40.1 Å². The Bertz CT molecular complexity index is 589. The van der Waals surface area contributed by atoms with Crippen molar-refractivity contribution in [2.24, 2.45) is 0 Å². The molecule has 1 fully saturated rings. The summed E-state index contributed by atoms with van der Waals surface area (Å²) in [5.41, 5.74) is 1.25. The van der Waals surface area contributed by atoms with Crippen molar-refractivity contribution in [1.82, 2.24) is 19.8 Å². The molecule has 2 amide bonds. The lowest BCUT2D eigenvalue weighted by molar-refractivity contribution is 0.215. The second-order valence-corrected chi connectivity index (χ2v) is 5.51. The topological polar surface area (TPSA) is 50.2 Å². The summed E-state index contributed by atoms with van der Waals surface area (Å²) in [7, 11) is 0. The monoisotopic (exact) mass is 276 g/mol. The Morgan fingerprint density at radius 1 is 1.47 bits per heavy atom. The molecular weight excluding hydrogens is 260 g/mol. The number of urea groups is 1. The molecule has 19 heavy (non-hydrogen) atoms. The highest BCUT2D eigenvalue weighted by Gasteiger charge is 2.19. The SMILES string of the molecule is Cc1ccsc1-c1nccn1CCN1CCNC1=O. The molecular formula is C13H16N4OS. The van der Waals surface area contributed by atoms with Gasteiger partial charge in [-0.1, -0.05) is 0 Å². The summed E-state index contributed by atoms with van der Waals surface area (Å²) in [5.74, 6) is 0.993. The molecule has 6 heteroatoms. The fourth-order valence-electron chi connectivity index (χ4n) is 2.25. The summed E-state index contributed by atoms with van der Waals surface area (Å²) in [6.45, 7) is 5.14. The van der Waals surface area contributed by atoms with Gasteiger partial charge in [0.25, 0.3) is 0 Å². The van der Waals surface area contributed by atoms with E-state index >= 15 is 0 Å². The van der Waals surface area contributed by atoms with Crippen LogP contribution in [0.2, 0.25) is 0 Å². The van der Waals surface area contributed by atoms with Crippen molar-refractivity contribution < 1.29 is 4.79 Å². The number of aromatic nitrogens is 2. The van der Waals surface area contributed by atoms with E-state index in [1.54, 1.807) is 11.3 Å². The second kappa shape index (κ2) is 5.05. The summed E-state index contributed by atoms with van der Waals surface area (Å²) in [6.07, 6.45) is 3.79. The number of carbonyl (C=O) groups is 1. The lowest BCUT2D eigenvalue weighted by atomic mass is 10.3. The molecule has 2 aromatic rings. The highest BCUT2D eigenvalue weighted by molar-refractivity contribution is 7.13. The number of nitrogens with one attached hydrogen (secondary N) is 1. The van der Waals surface area contributed by atoms with Crippen LogP contribution in [0.1, 0.15) is 5.56 Å². The summed E-state index contributed by atoms with van der Waals surface area (Å²) in [5, 5.41) is 4.90. The molecule has 0 spiro atoms. The maximum absolute atomic E-state index is 11.5. The quantitative estimate of drug-likeness (QED) is 0.928. The van der Waals surface area contributed by atoms with Gasteiger partial charge in [-0.2, -0.15) is 0 Å². The molecule has 1 aliphatic heterocycles. The van der Waals surface area contributed by atoms with Crippen LogP contribution >= 0.6 is 11.3 Å². The van der Waals surface area contributed by atoms with Crippen LogP contribution in [0.5, 0.6) is 0 Å². The lowest BCUT2D eigenvalue weighted by Crippen LogP contribution is -2.31. The molecule has 1 saturated heterocycles. The van der Waals surface area contributed by atoms with Gasteiger partial charge in [-0.05, 0) is 23.9 Å². The predicted octanol–water partition coefficient (Wildman–Crippen LogP) is 1.95. The zero-order valence-electron chi connectivity index (χ0n) is 10.8. The first-order chi connectivity index (χ1) is 9.25. The highest BCUT2D eigenvalue weighted by atomic mass is 32.1. The first-order valence-corrected chi connectivity index (χ1v) is 7.22. The minimum absolute atomic E-state index is 0.0361. The van der Waals surface area contributed by atoms with E-state index in [1.807, 2.05) is 17.3 Å². The molecule has 0 atom stereocenters. The number of nitrogens with zero attached hydrogens (tertiary/aromatic N) is 3. The number of hydrogen-bond donors (Lipinski definition) is 1. The second-order valence-electron chi connectivity index (χ2n) is 4.60. The molecule has 1 N–H and O–H groups in total. The smallest absolute Gasteiger partial charge is 0.317 e. The maximum atomic E-state index is 11.5. The Hall–Kier alpha value is -1.82. The minimum Gasteiger partial charge on any atom is -0.336 e. The van der Waals surface area contributed by atoms with Crippen LogP contribution in [0.15, 0.2) is 23.8 Å². The summed E-state index contributed by atoms with van der Waals surface area (Å²) >= 11 is 1.70. The third-order valence-electron chi connectivity index (χ3n) is 3.34. The molecule has 0 saturated carbocycles. The molecule has 2 aromatic heterocycles. The van der Waals surface area contributed by atoms with E-state index in [1.165, 1.54) is 10.4 Å². The van der Waals surface area contributed by atoms with Crippen molar-refractivity contribution in [3.8, 4) is 10.7 Å². The number of imidazole rings is 1. The molecule has 3 rings (SSSR count). The van der Waals surface area contributed by atoms with Gasteiger partial charge >= 0.3 is 6.03 Å². The van der Waals surface area contributed by atoms with Gasteiger partial charge < -0.3 is 14.8 Å². The Morgan fingerprint density at radius 3 is 3.05 bits per heavy atom. The van der Waals surface area contributed by atoms with Gasteiger partial charge in [-0.3, -0.25) is 0 Å². The van der Waals surface area contributed by atoms with Crippen molar-refractivity contribution in [3.05, 3.63) is 29.4 Å². The van der Waals surface area contributed by atoms with Gasteiger partial charge in [-0.15, -0.1) is 11.3 Å². The standard InChI is InChI=1S/C13H16N4OS/c1-10-2-9-19-11(10)12-14-3-5-16(12)7-8-17-6-4-15-13(17)18/h2-3,5,9H,4,6-8H2,1H3,(H,15,18). The average molecular weight is 276 g/mol. The number of aryl methyl sites for hydroxylation is 1. The maximum Gasteiger partial charge on any atom is 0.317 e. The highest BCUT2D eigenvalue weighted by Crippen LogP contribution is 2.27. The molecule has 5 nitrogen and oxygen atoms in total. The number of amides is 2. The third-order valence-corrected chi connectivity index (χ3v) is 4.35. The van der Waals surface area contributed by atoms with Crippen molar-refractivity contribution in [1.29, 1.82) is 0 Å². The van der Waals surface area contributed by atoms with Gasteiger partial charge in [0.05, 0.1) is 4.88 Å². The van der Waals surface area contributed by atoms with Gasteiger partial charge in [0.15, 0.2) is 0 Å². The third kappa shape index (κ3) is 2.35. The number of rotatable bonds is 4. The summed E-state index contributed by atoms with van der Waals surface area (Å²) in [6, 6.07) is 2.14. The van der Waals surface area contributed by atoms with E-state index in [9.17, 15) is 4.79 Å². The van der Waals surface area contributed by atoms with E-state index in [2.05, 4.69) is 33.2 Å². The van der Waals surface area contributed by atoms with Crippen LogP contribution in [0, 0.1) is 6.92 Å². The van der Waals surface area contributed by atoms with Crippen LogP contribution in [-0.2, 0) is 6.54 Å². The summed E-state index contributed by atoms with van der Waals surface area (Å²) < 4.78 is 2.12. The van der Waals surface area contributed by atoms with E-state index in [0.717, 1.165) is 32.0 Å². The van der Waals surface area contributed by atoms with Crippen molar-refractivity contribution >= 4 is 17.4 Å². The van der Waals surface area contributed by atoms with E-state index in [0.29, 0.717) is 0 Å². The molecule has 0 unspecified atom stereocenters. The fraction of sp³-hybridized carbons (Fsp3) is 0.385. The zero-order chi connectivity index (χ0) is 13.2. The average Bonchev–Trinajstić information content (AvgIpc) is 3.08. The normalized spacial score (nSPS) is 15.0. The lowest BCUT2D eigenvalue weighted by Gasteiger charge is -2.15. The Morgan fingerprint density at radius 2 is 2.37 bits per heavy atom. The van der Waals surface area contributed by atoms with Crippen LogP contribution in [0.25, 0.3) is 10.7 Å². The van der Waals surface area contributed by atoms with Gasteiger partial charge in [-0.25, -0.2) is 9.78 Å². The van der Waals surface area contributed by atoms with Gasteiger partial charge in [0.2, 0.25) is 0 Å². The first kappa shape index (κ1) is 12.2. The Balaban J connectivity index is 1.74. The van der Waals surface area contributed by atoms with Crippen LogP contribution < -0.4 is 5.32 Å². The van der Waals surface area contributed by atoms with Crippen molar-refractivity contribution in [2.75, 3.05) is 19.6 Å². The molecule has 100 valence electrons. The minimum atomic E-state index is 0.0361. The molecule has 0 radical (unpaired) electrons. The van der Waals surface area contributed by atoms with Crippen LogP contribution in [0.3, 0.4) is 0 Å². The fourth-order valence-corrected chi connectivity index (χ4v) is 3.19. The molecule has 0 bridgehead atoms. The zero-order valence-corrected chi connectivity index (χ0v) is 11.6. The van der Waals surface area contributed by atoms with Gasteiger partial charge in [0.1, 0.15) is 5.82 Å². The Kier molecular flexibility index (Phi) is 3.25. The number of carbonyl (C=O) groups excluding carboxylic acids is 1. The Labute approximate surface area is 115 Å². The molecule has 0 aromatic carbocycles. The van der Waals surface area contributed by atoms with E-state index < -0.39 is 0 Å². The molecule has 3 heterocycles. The van der Waals surface area contributed by atoms with Crippen molar-refractivity contribution in [3.63, 3.8) is 0 Å². The van der Waals surface area contributed by atoms with E-state index in [4.69, 9.17) is 0 Å². The largest absolute Gasteiger partial charge is 0.336 e. The first-order valence-electron chi connectivity index (χ1n) is 6.34.